The predicted molar refractivity (Wildman–Crippen MR) is 460 cm³/mol. The molecule has 4 saturated heterocycles. The van der Waals surface area contributed by atoms with E-state index in [1.165, 1.54) is 98.3 Å². The molecule has 5 aromatic heterocycles. The van der Waals surface area contributed by atoms with E-state index in [0.717, 1.165) is 20.0 Å². The summed E-state index contributed by atoms with van der Waals surface area (Å²) < 4.78 is 231. The molecule has 0 aromatic carbocycles. The third kappa shape index (κ3) is 50.2. The number of rotatable bonds is 10. The molecule has 47 heteroatoms. The minimum atomic E-state index is -4.64. The van der Waals surface area contributed by atoms with Crippen molar-refractivity contribution >= 4 is 108 Å². The van der Waals surface area contributed by atoms with Gasteiger partial charge in [0.2, 0.25) is 35.7 Å². The van der Waals surface area contributed by atoms with Crippen molar-refractivity contribution in [2.75, 3.05) is 100 Å². The fourth-order valence-corrected chi connectivity index (χ4v) is 11.0. The number of carbonyl (C=O) groups is 7. The van der Waals surface area contributed by atoms with Gasteiger partial charge in [0.05, 0.1) is 84.7 Å². The van der Waals surface area contributed by atoms with Crippen LogP contribution in [0.15, 0.2) is 77.9 Å². The molecule has 5 aromatic rings. The van der Waals surface area contributed by atoms with Crippen molar-refractivity contribution in [1.82, 2.24) is 44.9 Å². The molecule has 5 unspecified atom stereocenters. The van der Waals surface area contributed by atoms with Gasteiger partial charge < -0.3 is 73.5 Å². The standard InChI is InChI=1S/C17H21F2N3O3.C16H21BrF2N2O3.C16H22F2N2O3.C12H13F2N3O.C8H8BrFN2O.C2HF3O.2C2H4O2.C2H6.2CH3F.2CH4.Br2.Na/c1-16(2,3)25-15(23)22-6-5-17(18,19)13(10-22)12-7-11(8-20)14(24-4)21-9-12;1-15(2,3)24-14(22)21-6-5-16(18,19)11(9-21)10-7-12(17)13(23-4)20-8-10;1-15(2,3)23-14(21)20-8-7-16(17,18)12(10-20)11-5-6-13(22-4)19-9-11;1-18-11-8(5-15)4-9(6-17-11)10-7-16-3-2-12(10,13)14;1-5(9)8(13)12-7-3-2-6(10)4-11-7;3-2(4,5)1-6;2*1-2(3)4;3*1-2;;;1-2;/h7,9,13H,5-6,10H2,1-4H3;7-8,11H,5-6,9H2,1-4H3;5-6,9,12H,7-8,10H2,1-4H3;4,6,10,16H,2-3,7H2,1H3;2-5H,1H3,(H,11,12,13);1H;2*1H3,(H,3,4);1-2H3;2*1H3;2*1H4;;/q;;;;;;;;;;;;;;+1/p-1/i;;;;;;;;3*1D;;;;. The van der Waals surface area contributed by atoms with E-state index in [1.54, 1.807) is 88.3 Å². The molecular formula is C81H113Br4F14N12NaO16. The Morgan fingerprint density at radius 3 is 1.20 bits per heavy atom. The number of nitrogens with zero attached hydrogens (tertiary/aromatic N) is 10. The van der Waals surface area contributed by atoms with Gasteiger partial charge in [-0.2, -0.15) is 23.7 Å². The molecule has 720 valence electrons. The van der Waals surface area contributed by atoms with Gasteiger partial charge in [-0.3, -0.25) is 23.2 Å². The van der Waals surface area contributed by atoms with Crippen LogP contribution in [0.2, 0.25) is 0 Å². The summed E-state index contributed by atoms with van der Waals surface area (Å²) >= 11 is 11.9. The fraction of sp³-hybridized carbons (Fsp3) is 0.580. The van der Waals surface area contributed by atoms with Crippen molar-refractivity contribution in [1.29, 1.82) is 10.5 Å². The molecular weight excluding hydrogens is 2010 g/mol. The first-order chi connectivity index (χ1) is 59.2. The first-order valence-corrected chi connectivity index (χ1v) is 41.9. The van der Waals surface area contributed by atoms with Gasteiger partial charge >= 0.3 is 54.0 Å². The molecule has 9 heterocycles. The van der Waals surface area contributed by atoms with E-state index >= 15 is 0 Å². The zero-order chi connectivity index (χ0) is 99.7. The predicted octanol–water partition coefficient (Wildman–Crippen LogP) is 16.4. The number of piperidine rings is 4. The molecule has 0 aliphatic carbocycles. The van der Waals surface area contributed by atoms with Crippen LogP contribution in [0, 0.1) is 28.5 Å². The van der Waals surface area contributed by atoms with Crippen molar-refractivity contribution in [2.24, 2.45) is 0 Å². The van der Waals surface area contributed by atoms with Gasteiger partial charge in [-0.25, -0.2) is 78.8 Å². The summed E-state index contributed by atoms with van der Waals surface area (Å²) in [5.41, 5.74) is -0.500. The van der Waals surface area contributed by atoms with Crippen LogP contribution in [0.3, 0.4) is 0 Å². The van der Waals surface area contributed by atoms with Gasteiger partial charge in [-0.1, -0.05) is 50.7 Å². The largest absolute Gasteiger partial charge is 1.00 e. The summed E-state index contributed by atoms with van der Waals surface area (Å²) in [4.78, 5) is 97.3. The van der Waals surface area contributed by atoms with Crippen molar-refractivity contribution < 1.29 is 172 Å². The quantitative estimate of drug-likeness (QED) is 0.0384. The Morgan fingerprint density at radius 1 is 0.602 bits per heavy atom. The van der Waals surface area contributed by atoms with Crippen molar-refractivity contribution in [3.8, 4) is 35.7 Å². The third-order valence-electron chi connectivity index (χ3n) is 15.8. The van der Waals surface area contributed by atoms with Crippen LogP contribution in [0.1, 0.15) is 199 Å². The Balaban J connectivity index is -0.000000350. The molecule has 3 N–H and O–H groups in total. The molecule has 4 fully saturated rings. The molecule has 28 nitrogen and oxygen atoms in total. The van der Waals surface area contributed by atoms with Crippen LogP contribution in [-0.4, -0.2) is 234 Å². The average molecular weight is 2120 g/mol. The van der Waals surface area contributed by atoms with Gasteiger partial charge in [0, 0.05) is 151 Å². The van der Waals surface area contributed by atoms with Crippen LogP contribution in [-0.2, 0) is 33.4 Å². The van der Waals surface area contributed by atoms with Crippen LogP contribution < -0.4 is 64.2 Å². The zero-order valence-corrected chi connectivity index (χ0v) is 80.7. The number of ether oxygens (including phenoxy) is 7. The van der Waals surface area contributed by atoms with E-state index in [1.807, 2.05) is 12.1 Å². The van der Waals surface area contributed by atoms with E-state index in [4.69, 9.17) is 72.4 Å². The summed E-state index contributed by atoms with van der Waals surface area (Å²) in [5.74, 6) is -17.4. The Labute approximate surface area is 796 Å². The third-order valence-corrected chi connectivity index (χ3v) is 16.8. The Hall–Kier alpha value is -8.28. The van der Waals surface area contributed by atoms with Gasteiger partial charge in [-0.05, 0) is 145 Å². The van der Waals surface area contributed by atoms with E-state index in [-0.39, 0.29) is 136 Å². The minimum absolute atomic E-state index is 0. The molecule has 0 bridgehead atoms. The number of carboxylic acids is 2. The number of methoxy groups -OCH3 is 4. The second-order valence-corrected chi connectivity index (χ2v) is 30.9. The first kappa shape index (κ1) is 124. The van der Waals surface area contributed by atoms with E-state index in [2.05, 4.69) is 95.7 Å². The molecule has 4 amide bonds. The number of aliphatic carboxylic acids is 2. The first-order valence-electron chi connectivity index (χ1n) is 38.6. The number of halogens is 18. The topological polar surface area (TPSA) is 373 Å². The van der Waals surface area contributed by atoms with Crippen LogP contribution in [0.25, 0.3) is 0 Å². The molecule has 4 aliphatic heterocycles. The maximum atomic E-state index is 14.4. The Morgan fingerprint density at radius 2 is 0.922 bits per heavy atom. The second kappa shape index (κ2) is 62.9. The van der Waals surface area contributed by atoms with E-state index in [0.29, 0.717) is 52.2 Å². The van der Waals surface area contributed by atoms with Gasteiger partial charge in [0.25, 0.3) is 29.7 Å². The summed E-state index contributed by atoms with van der Waals surface area (Å²) in [7, 11) is 3.65. The summed E-state index contributed by atoms with van der Waals surface area (Å²) in [6, 6.07) is 13.8. The average Bonchev–Trinajstić information content (AvgIpc) is 0.809. The number of nitriles is 2. The number of carboxylic acid groups (broad SMARTS) is 2. The van der Waals surface area contributed by atoms with Crippen LogP contribution in [0.5, 0.6) is 23.5 Å². The number of amides is 4. The number of carbonyl (C=O) groups excluding carboxylic acids is 6. The SMILES string of the molecule is BrBr.C.C.CC(=O)O.CC(=O)[O-].CC(Br)C(=O)Nc1ccc(F)cn1.COc1ccc(C2CN(C(=O)OC(C)(C)C)CCC2(F)F)cn1.COc1ncc(C2CN(C(=O)OC(C)(C)C)CCC2(F)F)cc1Br.COc1ncc(C2CN(C(=O)OC(C)(C)C)CCC2(F)F)cc1C#N.COc1ncc(C2CNCCC2(F)F)cc1C#N.O=CC(F)(F)F.[2H]CC.[2H]CF.[2H]CF.[Na+]. The molecule has 128 heavy (non-hydrogen) atoms. The number of aromatic nitrogens is 5. The van der Waals surface area contributed by atoms with Gasteiger partial charge in [0.1, 0.15) is 51.7 Å². The summed E-state index contributed by atoms with van der Waals surface area (Å²) in [6.45, 7) is 21.5. The number of nitrogens with one attached hydrogen (secondary N) is 2. The fourth-order valence-electron chi connectivity index (χ4n) is 10.4. The monoisotopic (exact) mass is 2120 g/mol. The Bertz CT molecular complexity index is 4250. The van der Waals surface area contributed by atoms with Crippen molar-refractivity contribution in [3.05, 3.63) is 117 Å². The number of likely N-dealkylation sites (tertiary alicyclic amines) is 3. The summed E-state index contributed by atoms with van der Waals surface area (Å²) in [6.07, 6.45) is -2.58. The van der Waals surface area contributed by atoms with Gasteiger partial charge in [-0.15, -0.1) is 0 Å². The molecule has 0 spiro atoms. The Kier molecular flexibility index (Phi) is 60.9. The number of aldehydes is 1. The smallest absolute Gasteiger partial charge is 0.550 e. The molecule has 4 aliphatic rings. The number of alkyl halides is 14. The van der Waals surface area contributed by atoms with E-state index in [9.17, 15) is 80.6 Å². The number of pyridine rings is 5. The number of hydrogen-bond donors (Lipinski definition) is 3. The molecule has 0 radical (unpaired) electrons. The molecule has 5 atom stereocenters. The maximum absolute atomic E-state index is 14.4. The number of anilines is 1. The number of hydrogen-bond acceptors (Lipinski definition) is 23. The maximum Gasteiger partial charge on any atom is 1.00 e. The second-order valence-electron chi connectivity index (χ2n) is 28.6. The normalized spacial score (nSPS) is 17.3. The summed E-state index contributed by atoms with van der Waals surface area (Å²) in [5, 5.41) is 39.8. The van der Waals surface area contributed by atoms with Crippen LogP contribution in [0.4, 0.5) is 81.7 Å². The van der Waals surface area contributed by atoms with E-state index < -0.39 is 146 Å². The molecule has 0 saturated carbocycles. The zero-order valence-electron chi connectivity index (χ0n) is 75.3. The van der Waals surface area contributed by atoms with Crippen molar-refractivity contribution in [3.63, 3.8) is 0 Å². The minimum Gasteiger partial charge on any atom is -0.550 e. The van der Waals surface area contributed by atoms with Crippen LogP contribution >= 0.6 is 60.1 Å². The molecule has 9 rings (SSSR count). The van der Waals surface area contributed by atoms with Gasteiger partial charge in [0.15, 0.2) is 0 Å². The van der Waals surface area contributed by atoms with Crippen molar-refractivity contribution in [2.45, 2.75) is 213 Å².